The van der Waals surface area contributed by atoms with Crippen LogP contribution in [0, 0.1) is 0 Å². The lowest BCUT2D eigenvalue weighted by molar-refractivity contribution is -0.870. The fourth-order valence-electron chi connectivity index (χ4n) is 5.54. The number of nitrogens with zero attached hydrogens (tertiary/aromatic N) is 1. The molecule has 0 saturated carbocycles. The van der Waals surface area contributed by atoms with Gasteiger partial charge >= 0.3 is 5.97 Å². The van der Waals surface area contributed by atoms with Gasteiger partial charge in [0.15, 0.2) is 6.10 Å². The van der Waals surface area contributed by atoms with Crippen LogP contribution >= 0.6 is 7.82 Å². The van der Waals surface area contributed by atoms with Gasteiger partial charge in [-0.2, -0.15) is 0 Å². The molecule has 0 rings (SSSR count). The lowest BCUT2D eigenvalue weighted by Gasteiger charge is -2.28. The molecular formula is C44H82NO7P. The van der Waals surface area contributed by atoms with Crippen LogP contribution in [0.2, 0.25) is 0 Å². The molecule has 0 heterocycles. The summed E-state index contributed by atoms with van der Waals surface area (Å²) in [6, 6.07) is 0. The van der Waals surface area contributed by atoms with E-state index in [2.05, 4.69) is 50.3 Å². The van der Waals surface area contributed by atoms with Crippen molar-refractivity contribution in [1.82, 2.24) is 0 Å². The molecule has 9 heteroatoms. The second-order valence-electron chi connectivity index (χ2n) is 15.4. The first-order valence-corrected chi connectivity index (χ1v) is 22.9. The maximum Gasteiger partial charge on any atom is 0.306 e. The van der Waals surface area contributed by atoms with E-state index in [1.54, 1.807) is 6.26 Å². The molecule has 8 nitrogen and oxygen atoms in total. The highest BCUT2D eigenvalue weighted by atomic mass is 31.2. The Labute approximate surface area is 327 Å². The van der Waals surface area contributed by atoms with E-state index in [1.165, 1.54) is 89.9 Å². The molecule has 53 heavy (non-hydrogen) atoms. The van der Waals surface area contributed by atoms with Crippen molar-refractivity contribution in [3.05, 3.63) is 48.8 Å². The number of esters is 1. The number of likely N-dealkylation sites (N-methyl/N-ethyl adjacent to an activating group) is 1. The van der Waals surface area contributed by atoms with Crippen LogP contribution < -0.4 is 4.89 Å². The molecule has 0 amide bonds. The second-order valence-corrected chi connectivity index (χ2v) is 16.8. The Morgan fingerprint density at radius 3 is 1.60 bits per heavy atom. The molecule has 0 aliphatic carbocycles. The van der Waals surface area contributed by atoms with Gasteiger partial charge in [0, 0.05) is 6.42 Å². The zero-order chi connectivity index (χ0) is 39.1. The van der Waals surface area contributed by atoms with Crippen LogP contribution in [0.5, 0.6) is 0 Å². The molecule has 0 aromatic carbocycles. The third-order valence-electron chi connectivity index (χ3n) is 8.92. The van der Waals surface area contributed by atoms with Crippen LogP contribution in [0.15, 0.2) is 48.8 Å². The van der Waals surface area contributed by atoms with Crippen molar-refractivity contribution in [2.24, 2.45) is 0 Å². The molecule has 0 aromatic heterocycles. The minimum absolute atomic E-state index is 0.00829. The molecule has 310 valence electrons. The number of unbranched alkanes of at least 4 members (excludes halogenated alkanes) is 19. The third-order valence-corrected chi connectivity index (χ3v) is 9.88. The lowest BCUT2D eigenvalue weighted by Crippen LogP contribution is -2.37. The van der Waals surface area contributed by atoms with Crippen molar-refractivity contribution < 1.29 is 37.3 Å². The summed E-state index contributed by atoms with van der Waals surface area (Å²) in [6.07, 6.45) is 45.0. The minimum Gasteiger partial charge on any atom is -0.756 e. The first-order chi connectivity index (χ1) is 25.6. The number of carbonyl (C=O) groups is 1. The highest BCUT2D eigenvalue weighted by Crippen LogP contribution is 2.38. The quantitative estimate of drug-likeness (QED) is 0.0153. The number of rotatable bonds is 39. The molecule has 0 spiro atoms. The molecule has 0 aliphatic rings. The zero-order valence-electron chi connectivity index (χ0n) is 35.0. The summed E-state index contributed by atoms with van der Waals surface area (Å²) in [5.41, 5.74) is 0. The van der Waals surface area contributed by atoms with E-state index in [0.29, 0.717) is 11.0 Å². The first kappa shape index (κ1) is 51.3. The molecule has 0 bridgehead atoms. The van der Waals surface area contributed by atoms with Crippen LogP contribution in [0.1, 0.15) is 174 Å². The molecule has 0 N–H and O–H groups in total. The molecule has 0 radical (unpaired) electrons. The molecular weight excluding hydrogens is 685 g/mol. The van der Waals surface area contributed by atoms with Crippen LogP contribution in [0.25, 0.3) is 0 Å². The standard InChI is InChI=1S/C44H82NO7P/c1-6-8-10-12-14-16-18-20-22-24-26-28-30-32-34-36-39-49-41-43(42-51-53(47,48)50-40-38-45(3,4)5)52-44(46)37-35-33-31-29-27-25-23-21-19-17-15-13-11-9-7-2/h15,17,20-23,36,39,43H,6-14,16,18-19,24-35,37-38,40-42H2,1-5H3/b17-15-,22-20-,23-21-,39-36-/t43-/m1/s1. The number of ether oxygens (including phenoxy) is 2. The Morgan fingerprint density at radius 1 is 0.604 bits per heavy atom. The van der Waals surface area contributed by atoms with E-state index < -0.39 is 13.9 Å². The highest BCUT2D eigenvalue weighted by Gasteiger charge is 2.20. The predicted octanol–water partition coefficient (Wildman–Crippen LogP) is 12.1. The van der Waals surface area contributed by atoms with Crippen LogP contribution in [-0.2, 0) is 27.9 Å². The fraction of sp³-hybridized carbons (Fsp3) is 0.795. The van der Waals surface area contributed by atoms with Crippen molar-refractivity contribution >= 4 is 13.8 Å². The first-order valence-electron chi connectivity index (χ1n) is 21.4. The van der Waals surface area contributed by atoms with E-state index in [-0.39, 0.29) is 32.2 Å². The second kappa shape index (κ2) is 37.2. The molecule has 0 aliphatic heterocycles. The van der Waals surface area contributed by atoms with Crippen molar-refractivity contribution in [3.8, 4) is 0 Å². The zero-order valence-corrected chi connectivity index (χ0v) is 35.8. The largest absolute Gasteiger partial charge is 0.756 e. The summed E-state index contributed by atoms with van der Waals surface area (Å²) >= 11 is 0. The van der Waals surface area contributed by atoms with Gasteiger partial charge in [-0.05, 0) is 83.1 Å². The number of phosphoric acid groups is 1. The van der Waals surface area contributed by atoms with Gasteiger partial charge in [0.05, 0.1) is 34.0 Å². The fourth-order valence-corrected chi connectivity index (χ4v) is 6.26. The summed E-state index contributed by atoms with van der Waals surface area (Å²) < 4.78 is 34.3. The van der Waals surface area contributed by atoms with E-state index >= 15 is 0 Å². The van der Waals surface area contributed by atoms with Gasteiger partial charge in [0.2, 0.25) is 0 Å². The summed E-state index contributed by atoms with van der Waals surface area (Å²) in [6.45, 7) is 4.67. The van der Waals surface area contributed by atoms with Crippen LogP contribution in [0.4, 0.5) is 0 Å². The summed E-state index contributed by atoms with van der Waals surface area (Å²) in [7, 11) is 1.30. The number of allylic oxidation sites excluding steroid dienone is 7. The van der Waals surface area contributed by atoms with Gasteiger partial charge in [-0.25, -0.2) is 0 Å². The van der Waals surface area contributed by atoms with Crippen molar-refractivity contribution in [2.75, 3.05) is 47.5 Å². The summed E-state index contributed by atoms with van der Waals surface area (Å²) in [5, 5.41) is 0. The van der Waals surface area contributed by atoms with Gasteiger partial charge in [-0.15, -0.1) is 0 Å². The van der Waals surface area contributed by atoms with Crippen LogP contribution in [-0.4, -0.2) is 64.1 Å². The number of phosphoric ester groups is 1. The average Bonchev–Trinajstić information content (AvgIpc) is 3.11. The minimum atomic E-state index is -4.55. The maximum atomic E-state index is 12.6. The lowest BCUT2D eigenvalue weighted by atomic mass is 10.1. The number of hydrogen-bond donors (Lipinski definition) is 0. The van der Waals surface area contributed by atoms with E-state index in [9.17, 15) is 14.3 Å². The van der Waals surface area contributed by atoms with E-state index in [0.717, 1.165) is 64.2 Å². The Kier molecular flexibility index (Phi) is 36.0. The predicted molar refractivity (Wildman–Crippen MR) is 222 cm³/mol. The maximum absolute atomic E-state index is 12.6. The third kappa shape index (κ3) is 41.3. The molecule has 1 unspecified atom stereocenters. The number of hydrogen-bond acceptors (Lipinski definition) is 7. The van der Waals surface area contributed by atoms with Gasteiger partial charge in [0.25, 0.3) is 7.82 Å². The monoisotopic (exact) mass is 768 g/mol. The topological polar surface area (TPSA) is 94.1 Å². The van der Waals surface area contributed by atoms with Gasteiger partial charge in [0.1, 0.15) is 19.8 Å². The normalized spacial score (nSPS) is 14.2. The summed E-state index contributed by atoms with van der Waals surface area (Å²) in [5.74, 6) is -0.374. The van der Waals surface area contributed by atoms with E-state index in [1.807, 2.05) is 27.2 Å². The van der Waals surface area contributed by atoms with Crippen LogP contribution in [0.3, 0.4) is 0 Å². The number of carbonyl (C=O) groups excluding carboxylic acids is 1. The Hall–Kier alpha value is -1.70. The molecule has 0 saturated heterocycles. The molecule has 2 atom stereocenters. The van der Waals surface area contributed by atoms with Crippen molar-refractivity contribution in [1.29, 1.82) is 0 Å². The summed E-state index contributed by atoms with van der Waals surface area (Å²) in [4.78, 5) is 25.0. The molecule has 0 fully saturated rings. The van der Waals surface area contributed by atoms with Gasteiger partial charge < -0.3 is 27.9 Å². The Morgan fingerprint density at radius 2 is 1.06 bits per heavy atom. The Bertz CT molecular complexity index is 989. The SMILES string of the molecule is CCCCC/C=C\C/C=C\CCCCCCCC(=O)O[C@H](CO/C=C\CCCCCC/C=C\CCCCCCCC)COP(=O)([O-])OCC[N+](C)(C)C. The highest BCUT2D eigenvalue weighted by molar-refractivity contribution is 7.45. The van der Waals surface area contributed by atoms with Gasteiger partial charge in [-0.3, -0.25) is 9.36 Å². The average molecular weight is 768 g/mol. The number of quaternary nitrogens is 1. The van der Waals surface area contributed by atoms with Crippen molar-refractivity contribution in [2.45, 2.75) is 180 Å². The van der Waals surface area contributed by atoms with E-state index in [4.69, 9.17) is 18.5 Å². The molecule has 0 aromatic rings. The smallest absolute Gasteiger partial charge is 0.306 e. The Balaban J connectivity index is 4.36. The van der Waals surface area contributed by atoms with Crippen molar-refractivity contribution in [3.63, 3.8) is 0 Å². The van der Waals surface area contributed by atoms with Gasteiger partial charge in [-0.1, -0.05) is 127 Å².